The van der Waals surface area contributed by atoms with Gasteiger partial charge in [-0.25, -0.2) is 15.0 Å². The Kier molecular flexibility index (Phi) is 7.52. The third-order valence-electron chi connectivity index (χ3n) is 11.1. The average molecular weight is 722 g/mol. The smallest absolute Gasteiger partial charge is 0.164 e. The third kappa shape index (κ3) is 5.43. The van der Waals surface area contributed by atoms with E-state index in [9.17, 15) is 0 Å². The SMILES string of the molecule is CCCCc1ccc2cc(-c3nc(-c4ccc5ccccc5c4)nc(-c4cccc5oc6ccc(-c7cccc8oc9ccccc9c78)cc6c45)n3)ccc2c1. The molecule has 11 aromatic rings. The lowest BCUT2D eigenvalue weighted by Gasteiger charge is -2.11. The number of aryl methyl sites for hydroxylation is 1. The van der Waals surface area contributed by atoms with Crippen LogP contribution in [0.3, 0.4) is 0 Å². The molecular weight excluding hydrogens is 687 g/mol. The van der Waals surface area contributed by atoms with Gasteiger partial charge in [-0.1, -0.05) is 129 Å². The first-order chi connectivity index (χ1) is 27.7. The molecule has 266 valence electrons. The number of aromatic nitrogens is 3. The summed E-state index contributed by atoms with van der Waals surface area (Å²) < 4.78 is 12.8. The van der Waals surface area contributed by atoms with E-state index < -0.39 is 0 Å². The highest BCUT2D eigenvalue weighted by Gasteiger charge is 2.20. The number of fused-ring (bicyclic) bond motifs is 8. The van der Waals surface area contributed by atoms with E-state index in [2.05, 4.69) is 134 Å². The maximum absolute atomic E-state index is 6.52. The highest BCUT2D eigenvalue weighted by Crippen LogP contribution is 2.41. The lowest BCUT2D eigenvalue weighted by Crippen LogP contribution is -2.00. The van der Waals surface area contributed by atoms with Gasteiger partial charge < -0.3 is 8.83 Å². The molecule has 0 atom stereocenters. The summed E-state index contributed by atoms with van der Waals surface area (Å²) in [4.78, 5) is 15.6. The molecule has 5 nitrogen and oxygen atoms in total. The first kappa shape index (κ1) is 32.3. The van der Waals surface area contributed by atoms with Gasteiger partial charge >= 0.3 is 0 Å². The van der Waals surface area contributed by atoms with E-state index in [0.29, 0.717) is 17.5 Å². The van der Waals surface area contributed by atoms with E-state index in [1.165, 1.54) is 29.2 Å². The van der Waals surface area contributed by atoms with E-state index in [4.69, 9.17) is 23.8 Å². The Bertz CT molecular complexity index is 3320. The van der Waals surface area contributed by atoms with Crippen LogP contribution in [0.2, 0.25) is 0 Å². The first-order valence-electron chi connectivity index (χ1n) is 19.3. The standard InChI is InChI=1S/C51H35N3O2/c1-2-3-10-31-19-20-35-29-38(24-22-34(35)27-31)50-52-49(37-23-21-32-11-4-5-12-33(32)28-37)53-51(54-50)41-15-9-18-46-48(41)42-30-36(25-26-44(42)56-46)39-14-8-17-45-47(39)40-13-6-7-16-43(40)55-45/h4-9,11-30H,2-3,10H2,1H3. The number of benzene rings is 8. The van der Waals surface area contributed by atoms with Crippen molar-refractivity contribution in [1.29, 1.82) is 0 Å². The highest BCUT2D eigenvalue weighted by atomic mass is 16.3. The van der Waals surface area contributed by atoms with Gasteiger partial charge in [0.15, 0.2) is 17.5 Å². The molecule has 3 heterocycles. The Morgan fingerprint density at radius 3 is 1.77 bits per heavy atom. The van der Waals surface area contributed by atoms with E-state index in [1.54, 1.807) is 0 Å². The normalized spacial score (nSPS) is 11.9. The summed E-state index contributed by atoms with van der Waals surface area (Å²) in [6.07, 6.45) is 3.46. The van der Waals surface area contributed by atoms with Crippen molar-refractivity contribution in [3.63, 3.8) is 0 Å². The Balaban J connectivity index is 1.11. The van der Waals surface area contributed by atoms with Crippen LogP contribution >= 0.6 is 0 Å². The summed E-state index contributed by atoms with van der Waals surface area (Å²) >= 11 is 0. The molecule has 0 bridgehead atoms. The molecule has 0 amide bonds. The number of unbranched alkanes of at least 4 members (excludes halogenated alkanes) is 1. The number of furan rings is 2. The third-order valence-corrected chi connectivity index (χ3v) is 11.1. The predicted octanol–water partition coefficient (Wildman–Crippen LogP) is 14.0. The van der Waals surface area contributed by atoms with Crippen molar-refractivity contribution in [3.8, 4) is 45.3 Å². The van der Waals surface area contributed by atoms with Gasteiger partial charge in [-0.15, -0.1) is 0 Å². The van der Waals surface area contributed by atoms with Gasteiger partial charge in [-0.2, -0.15) is 0 Å². The number of hydrogen-bond acceptors (Lipinski definition) is 5. The minimum Gasteiger partial charge on any atom is -0.456 e. The molecule has 8 aromatic carbocycles. The second-order valence-electron chi connectivity index (χ2n) is 14.6. The van der Waals surface area contributed by atoms with E-state index in [0.717, 1.165) is 88.9 Å². The van der Waals surface area contributed by atoms with Gasteiger partial charge in [-0.05, 0) is 93.5 Å². The summed E-state index contributed by atoms with van der Waals surface area (Å²) in [5.41, 5.74) is 9.64. The Hall–Kier alpha value is -7.11. The fourth-order valence-electron chi connectivity index (χ4n) is 8.25. The zero-order valence-electron chi connectivity index (χ0n) is 30.8. The van der Waals surface area contributed by atoms with Crippen molar-refractivity contribution >= 4 is 65.4 Å². The van der Waals surface area contributed by atoms with Crippen molar-refractivity contribution in [2.45, 2.75) is 26.2 Å². The fraction of sp³-hybridized carbons (Fsp3) is 0.0784. The van der Waals surface area contributed by atoms with Crippen LogP contribution in [0.1, 0.15) is 25.3 Å². The summed E-state index contributed by atoms with van der Waals surface area (Å²) in [6, 6.07) is 55.1. The van der Waals surface area contributed by atoms with Crippen LogP contribution in [-0.4, -0.2) is 15.0 Å². The largest absolute Gasteiger partial charge is 0.456 e. The summed E-state index contributed by atoms with van der Waals surface area (Å²) in [6.45, 7) is 2.24. The molecule has 0 saturated carbocycles. The van der Waals surface area contributed by atoms with Crippen molar-refractivity contribution in [2.24, 2.45) is 0 Å². The zero-order chi connectivity index (χ0) is 37.2. The summed E-state index contributed by atoms with van der Waals surface area (Å²) in [7, 11) is 0. The van der Waals surface area contributed by atoms with Crippen molar-refractivity contribution in [2.75, 3.05) is 0 Å². The Morgan fingerprint density at radius 2 is 0.982 bits per heavy atom. The average Bonchev–Trinajstić information content (AvgIpc) is 3.83. The van der Waals surface area contributed by atoms with Crippen LogP contribution in [0.25, 0.3) is 111 Å². The number of nitrogens with zero attached hydrogens (tertiary/aromatic N) is 3. The van der Waals surface area contributed by atoms with Crippen LogP contribution in [0, 0.1) is 0 Å². The molecule has 11 rings (SSSR count). The molecule has 0 N–H and O–H groups in total. The summed E-state index contributed by atoms with van der Waals surface area (Å²) in [5, 5.41) is 8.84. The topological polar surface area (TPSA) is 65.0 Å². The van der Waals surface area contributed by atoms with E-state index in [1.807, 2.05) is 30.3 Å². The van der Waals surface area contributed by atoms with Crippen molar-refractivity contribution in [1.82, 2.24) is 15.0 Å². The van der Waals surface area contributed by atoms with E-state index in [-0.39, 0.29) is 0 Å². The van der Waals surface area contributed by atoms with Gasteiger partial charge in [0.1, 0.15) is 22.3 Å². The van der Waals surface area contributed by atoms with Gasteiger partial charge in [0, 0.05) is 38.2 Å². The number of hydrogen-bond donors (Lipinski definition) is 0. The quantitative estimate of drug-likeness (QED) is 0.164. The first-order valence-corrected chi connectivity index (χ1v) is 19.3. The Morgan fingerprint density at radius 1 is 0.411 bits per heavy atom. The lowest BCUT2D eigenvalue weighted by atomic mass is 9.97. The van der Waals surface area contributed by atoms with Gasteiger partial charge in [0.2, 0.25) is 0 Å². The maximum Gasteiger partial charge on any atom is 0.164 e. The monoisotopic (exact) mass is 721 g/mol. The van der Waals surface area contributed by atoms with Crippen LogP contribution in [0.15, 0.2) is 167 Å². The molecular formula is C51H35N3O2. The number of rotatable bonds is 7. The maximum atomic E-state index is 6.52. The molecule has 5 heteroatoms. The second-order valence-corrected chi connectivity index (χ2v) is 14.6. The lowest BCUT2D eigenvalue weighted by molar-refractivity contribution is 0.669. The van der Waals surface area contributed by atoms with Crippen molar-refractivity contribution < 1.29 is 8.83 Å². The van der Waals surface area contributed by atoms with Crippen LogP contribution < -0.4 is 0 Å². The molecule has 0 spiro atoms. The molecule has 0 saturated heterocycles. The molecule has 0 aliphatic rings. The second kappa shape index (κ2) is 13.0. The van der Waals surface area contributed by atoms with Crippen LogP contribution in [0.4, 0.5) is 0 Å². The summed E-state index contributed by atoms with van der Waals surface area (Å²) in [5.74, 6) is 1.84. The van der Waals surface area contributed by atoms with Gasteiger partial charge in [0.25, 0.3) is 0 Å². The minimum atomic E-state index is 0.592. The molecule has 0 aliphatic heterocycles. The molecule has 0 aliphatic carbocycles. The van der Waals surface area contributed by atoms with E-state index >= 15 is 0 Å². The zero-order valence-corrected chi connectivity index (χ0v) is 30.8. The highest BCUT2D eigenvalue weighted by molar-refractivity contribution is 6.16. The molecule has 3 aromatic heterocycles. The van der Waals surface area contributed by atoms with Crippen LogP contribution in [0.5, 0.6) is 0 Å². The predicted molar refractivity (Wildman–Crippen MR) is 230 cm³/mol. The minimum absolute atomic E-state index is 0.592. The van der Waals surface area contributed by atoms with Crippen LogP contribution in [-0.2, 0) is 6.42 Å². The molecule has 0 radical (unpaired) electrons. The Labute approximate surface area is 322 Å². The molecule has 0 unspecified atom stereocenters. The van der Waals surface area contributed by atoms with Gasteiger partial charge in [-0.3, -0.25) is 0 Å². The van der Waals surface area contributed by atoms with Gasteiger partial charge in [0.05, 0.1) is 0 Å². The molecule has 56 heavy (non-hydrogen) atoms. The fourth-order valence-corrected chi connectivity index (χ4v) is 8.25. The number of para-hydroxylation sites is 1. The van der Waals surface area contributed by atoms with Crippen molar-refractivity contribution in [3.05, 3.63) is 163 Å². The molecule has 0 fully saturated rings.